The predicted octanol–water partition coefficient (Wildman–Crippen LogP) is 2.00. The zero-order valence-corrected chi connectivity index (χ0v) is 7.58. The molecular formula is C9H13NS. The molecule has 2 rings (SSSR count). The molecule has 1 aliphatic rings. The van der Waals surface area contributed by atoms with E-state index < -0.39 is 0 Å². The SMILES string of the molecule is CNC[C@H]1CCc2sccc21. The van der Waals surface area contributed by atoms with Crippen molar-refractivity contribution in [3.8, 4) is 0 Å². The third-order valence-corrected chi connectivity index (χ3v) is 3.39. The minimum atomic E-state index is 0.793. The molecule has 0 saturated carbocycles. The Hall–Kier alpha value is -0.340. The maximum absolute atomic E-state index is 3.24. The second-order valence-corrected chi connectivity index (χ2v) is 4.09. The first-order valence-corrected chi connectivity index (χ1v) is 5.00. The highest BCUT2D eigenvalue weighted by Crippen LogP contribution is 2.35. The summed E-state index contributed by atoms with van der Waals surface area (Å²) < 4.78 is 0. The van der Waals surface area contributed by atoms with Crippen LogP contribution in [0.25, 0.3) is 0 Å². The van der Waals surface area contributed by atoms with Crippen molar-refractivity contribution in [1.82, 2.24) is 5.32 Å². The number of thiophene rings is 1. The standard InChI is InChI=1S/C9H13NS/c1-10-6-7-2-3-9-8(7)4-5-11-9/h4-5,7,10H,2-3,6H2,1H3/t7-/m1/s1. The maximum atomic E-state index is 3.24. The van der Waals surface area contributed by atoms with Crippen LogP contribution in [0, 0.1) is 0 Å². The highest BCUT2D eigenvalue weighted by Gasteiger charge is 2.22. The highest BCUT2D eigenvalue weighted by atomic mass is 32.1. The Labute approximate surface area is 71.4 Å². The molecule has 0 bridgehead atoms. The predicted molar refractivity (Wildman–Crippen MR) is 49.3 cm³/mol. The smallest absolute Gasteiger partial charge is 0.00807 e. The van der Waals surface area contributed by atoms with Gasteiger partial charge in [-0.2, -0.15) is 0 Å². The Morgan fingerprint density at radius 3 is 3.45 bits per heavy atom. The van der Waals surface area contributed by atoms with Gasteiger partial charge in [0, 0.05) is 11.4 Å². The summed E-state index contributed by atoms with van der Waals surface area (Å²) in [6.45, 7) is 1.14. The first kappa shape index (κ1) is 7.32. The number of hydrogen-bond acceptors (Lipinski definition) is 2. The summed E-state index contributed by atoms with van der Waals surface area (Å²) in [7, 11) is 2.03. The fourth-order valence-electron chi connectivity index (χ4n) is 1.84. The van der Waals surface area contributed by atoms with Crippen LogP contribution in [0.3, 0.4) is 0 Å². The van der Waals surface area contributed by atoms with Crippen LogP contribution in [-0.4, -0.2) is 13.6 Å². The number of hydrogen-bond donors (Lipinski definition) is 1. The monoisotopic (exact) mass is 167 g/mol. The van der Waals surface area contributed by atoms with Gasteiger partial charge in [0.2, 0.25) is 0 Å². The van der Waals surface area contributed by atoms with Gasteiger partial charge in [-0.3, -0.25) is 0 Å². The molecule has 1 N–H and O–H groups in total. The molecule has 1 nitrogen and oxygen atoms in total. The van der Waals surface area contributed by atoms with Crippen LogP contribution in [0.5, 0.6) is 0 Å². The van der Waals surface area contributed by atoms with Crippen molar-refractivity contribution >= 4 is 11.3 Å². The molecule has 0 radical (unpaired) electrons. The number of likely N-dealkylation sites (N-methyl/N-ethyl adjacent to an activating group) is 1. The van der Waals surface area contributed by atoms with Crippen molar-refractivity contribution in [2.75, 3.05) is 13.6 Å². The fourth-order valence-corrected chi connectivity index (χ4v) is 2.82. The third kappa shape index (κ3) is 1.21. The van der Waals surface area contributed by atoms with E-state index in [0.29, 0.717) is 0 Å². The molecule has 2 heteroatoms. The molecule has 11 heavy (non-hydrogen) atoms. The van der Waals surface area contributed by atoms with Gasteiger partial charge >= 0.3 is 0 Å². The number of fused-ring (bicyclic) bond motifs is 1. The van der Waals surface area contributed by atoms with Crippen molar-refractivity contribution in [2.45, 2.75) is 18.8 Å². The van der Waals surface area contributed by atoms with Gasteiger partial charge in [0.05, 0.1) is 0 Å². The van der Waals surface area contributed by atoms with E-state index in [4.69, 9.17) is 0 Å². The second kappa shape index (κ2) is 2.95. The Morgan fingerprint density at radius 1 is 1.73 bits per heavy atom. The van der Waals surface area contributed by atoms with E-state index in [1.54, 1.807) is 10.4 Å². The summed E-state index contributed by atoms with van der Waals surface area (Å²) in [6.07, 6.45) is 2.65. The van der Waals surface area contributed by atoms with Gasteiger partial charge in [0.25, 0.3) is 0 Å². The molecule has 60 valence electrons. The van der Waals surface area contributed by atoms with Gasteiger partial charge in [-0.05, 0) is 42.8 Å². The minimum Gasteiger partial charge on any atom is -0.319 e. The van der Waals surface area contributed by atoms with Crippen molar-refractivity contribution in [3.05, 3.63) is 21.9 Å². The van der Waals surface area contributed by atoms with Crippen molar-refractivity contribution < 1.29 is 0 Å². The van der Waals surface area contributed by atoms with Crippen LogP contribution in [0.1, 0.15) is 22.8 Å². The molecule has 0 fully saturated rings. The lowest BCUT2D eigenvalue weighted by atomic mass is 10.0. The molecule has 0 aromatic carbocycles. The molecule has 0 spiro atoms. The lowest BCUT2D eigenvalue weighted by Gasteiger charge is -2.07. The van der Waals surface area contributed by atoms with E-state index in [1.807, 2.05) is 18.4 Å². The number of aryl methyl sites for hydroxylation is 1. The highest BCUT2D eigenvalue weighted by molar-refractivity contribution is 7.10. The van der Waals surface area contributed by atoms with Crippen LogP contribution in [0.15, 0.2) is 11.4 Å². The summed E-state index contributed by atoms with van der Waals surface area (Å²) in [6, 6.07) is 2.29. The molecule has 0 amide bonds. The van der Waals surface area contributed by atoms with Gasteiger partial charge in [0.1, 0.15) is 0 Å². The van der Waals surface area contributed by atoms with Crippen LogP contribution >= 0.6 is 11.3 Å². The quantitative estimate of drug-likeness (QED) is 0.710. The Balaban J connectivity index is 2.18. The topological polar surface area (TPSA) is 12.0 Å². The largest absolute Gasteiger partial charge is 0.319 e. The average Bonchev–Trinajstić information content (AvgIpc) is 2.53. The van der Waals surface area contributed by atoms with Gasteiger partial charge in [-0.25, -0.2) is 0 Å². The first-order chi connectivity index (χ1) is 5.42. The maximum Gasteiger partial charge on any atom is 0.00807 e. The third-order valence-electron chi connectivity index (χ3n) is 2.39. The molecule has 1 aliphatic carbocycles. The molecule has 1 aromatic rings. The average molecular weight is 167 g/mol. The van der Waals surface area contributed by atoms with E-state index in [0.717, 1.165) is 12.5 Å². The first-order valence-electron chi connectivity index (χ1n) is 4.12. The van der Waals surface area contributed by atoms with Gasteiger partial charge < -0.3 is 5.32 Å². The molecule has 0 saturated heterocycles. The summed E-state index contributed by atoms with van der Waals surface area (Å²) >= 11 is 1.91. The zero-order chi connectivity index (χ0) is 7.68. The van der Waals surface area contributed by atoms with Gasteiger partial charge in [0.15, 0.2) is 0 Å². The van der Waals surface area contributed by atoms with E-state index >= 15 is 0 Å². The van der Waals surface area contributed by atoms with E-state index in [-0.39, 0.29) is 0 Å². The molecule has 1 atom stereocenters. The fraction of sp³-hybridized carbons (Fsp3) is 0.556. The summed E-state index contributed by atoms with van der Waals surface area (Å²) in [4.78, 5) is 1.62. The van der Waals surface area contributed by atoms with Crippen molar-refractivity contribution in [1.29, 1.82) is 0 Å². The van der Waals surface area contributed by atoms with E-state index in [1.165, 1.54) is 12.8 Å². The normalized spacial score (nSPS) is 22.1. The molecule has 0 unspecified atom stereocenters. The van der Waals surface area contributed by atoms with Gasteiger partial charge in [-0.1, -0.05) is 0 Å². The molecular weight excluding hydrogens is 154 g/mol. The summed E-state index contributed by atoms with van der Waals surface area (Å²) in [5, 5.41) is 5.46. The lowest BCUT2D eigenvalue weighted by molar-refractivity contribution is 0.623. The lowest BCUT2D eigenvalue weighted by Crippen LogP contribution is -2.14. The van der Waals surface area contributed by atoms with Crippen molar-refractivity contribution in [2.24, 2.45) is 0 Å². The van der Waals surface area contributed by atoms with Crippen LogP contribution in [0.4, 0.5) is 0 Å². The second-order valence-electron chi connectivity index (χ2n) is 3.09. The minimum absolute atomic E-state index is 0.793. The van der Waals surface area contributed by atoms with Crippen molar-refractivity contribution in [3.63, 3.8) is 0 Å². The van der Waals surface area contributed by atoms with Gasteiger partial charge in [-0.15, -0.1) is 11.3 Å². The molecule has 0 aliphatic heterocycles. The van der Waals surface area contributed by atoms with E-state index in [2.05, 4.69) is 16.8 Å². The summed E-state index contributed by atoms with van der Waals surface area (Å²) in [5.41, 5.74) is 1.60. The van der Waals surface area contributed by atoms with Crippen LogP contribution < -0.4 is 5.32 Å². The number of nitrogens with one attached hydrogen (secondary N) is 1. The number of rotatable bonds is 2. The Kier molecular flexibility index (Phi) is 1.96. The Bertz CT molecular complexity index is 241. The molecule has 1 aromatic heterocycles. The Morgan fingerprint density at radius 2 is 2.64 bits per heavy atom. The van der Waals surface area contributed by atoms with Crippen LogP contribution in [0.2, 0.25) is 0 Å². The van der Waals surface area contributed by atoms with E-state index in [9.17, 15) is 0 Å². The molecule has 1 heterocycles. The zero-order valence-electron chi connectivity index (χ0n) is 6.76. The van der Waals surface area contributed by atoms with Crippen LogP contribution in [-0.2, 0) is 6.42 Å². The summed E-state index contributed by atoms with van der Waals surface area (Å²) in [5.74, 6) is 0.793.